The predicted molar refractivity (Wildman–Crippen MR) is 98.6 cm³/mol. The third-order valence-electron chi connectivity index (χ3n) is 3.99. The molecule has 2 aromatic carbocycles. The summed E-state index contributed by atoms with van der Waals surface area (Å²) in [4.78, 5) is 23.4. The molecule has 0 unspecified atom stereocenters. The summed E-state index contributed by atoms with van der Waals surface area (Å²) in [5.74, 6) is -0.0347. The van der Waals surface area contributed by atoms with Crippen LogP contribution in [0.3, 0.4) is 0 Å². The van der Waals surface area contributed by atoms with Crippen molar-refractivity contribution in [3.8, 4) is 0 Å². The predicted octanol–water partition coefficient (Wildman–Crippen LogP) is 2.90. The van der Waals surface area contributed by atoms with Crippen molar-refractivity contribution in [2.24, 2.45) is 0 Å². The van der Waals surface area contributed by atoms with Gasteiger partial charge in [0.2, 0.25) is 0 Å². The number of thioether (sulfide) groups is 1. The first-order chi connectivity index (χ1) is 11.9. The molecule has 0 N–H and O–H groups in total. The Labute approximate surface area is 151 Å². The molecule has 7 heteroatoms. The van der Waals surface area contributed by atoms with Gasteiger partial charge in [0.1, 0.15) is 0 Å². The first kappa shape index (κ1) is 17.7. The van der Waals surface area contributed by atoms with Gasteiger partial charge in [-0.2, -0.15) is 0 Å². The fraction of sp³-hybridized carbons (Fsp3) is 0.222. The van der Waals surface area contributed by atoms with Crippen molar-refractivity contribution in [3.63, 3.8) is 0 Å². The second-order valence-corrected chi connectivity index (χ2v) is 8.70. The van der Waals surface area contributed by atoms with E-state index in [2.05, 4.69) is 0 Å². The lowest BCUT2D eigenvalue weighted by atomic mass is 10.1. The summed E-state index contributed by atoms with van der Waals surface area (Å²) in [6, 6.07) is 13.3. The number of sulfonamides is 1. The maximum atomic E-state index is 12.8. The Morgan fingerprint density at radius 3 is 2.52 bits per heavy atom. The third-order valence-corrected chi connectivity index (χ3v) is 6.63. The maximum absolute atomic E-state index is 12.8. The summed E-state index contributed by atoms with van der Waals surface area (Å²) < 4.78 is 27.0. The van der Waals surface area contributed by atoms with E-state index in [9.17, 15) is 18.0 Å². The van der Waals surface area contributed by atoms with Gasteiger partial charge >= 0.3 is 0 Å². The van der Waals surface area contributed by atoms with E-state index in [0.29, 0.717) is 24.2 Å². The van der Waals surface area contributed by atoms with E-state index in [4.69, 9.17) is 0 Å². The average molecular weight is 375 g/mol. The van der Waals surface area contributed by atoms with Gasteiger partial charge in [0.05, 0.1) is 16.3 Å². The zero-order valence-electron chi connectivity index (χ0n) is 13.6. The molecule has 1 aliphatic heterocycles. The third kappa shape index (κ3) is 3.62. The summed E-state index contributed by atoms with van der Waals surface area (Å²) in [5.41, 5.74) is 1.95. The highest BCUT2D eigenvalue weighted by molar-refractivity contribution is 8.14. The Balaban J connectivity index is 1.87. The molecule has 25 heavy (non-hydrogen) atoms. The van der Waals surface area contributed by atoms with Crippen LogP contribution in [-0.4, -0.2) is 31.6 Å². The van der Waals surface area contributed by atoms with E-state index in [-0.39, 0.29) is 21.5 Å². The lowest BCUT2D eigenvalue weighted by Crippen LogP contribution is -2.29. The molecule has 0 saturated carbocycles. The lowest BCUT2D eigenvalue weighted by molar-refractivity contribution is -0.109. The van der Waals surface area contributed by atoms with Gasteiger partial charge in [-0.3, -0.25) is 13.9 Å². The number of ketones is 1. The van der Waals surface area contributed by atoms with E-state index in [1.807, 2.05) is 0 Å². The minimum absolute atomic E-state index is 0.0974. The summed E-state index contributed by atoms with van der Waals surface area (Å²) in [5, 5.41) is -0.102. The van der Waals surface area contributed by atoms with Crippen LogP contribution >= 0.6 is 11.8 Å². The van der Waals surface area contributed by atoms with Gasteiger partial charge in [0.25, 0.3) is 10.0 Å². The average Bonchev–Trinajstić information content (AvgIpc) is 3.04. The summed E-state index contributed by atoms with van der Waals surface area (Å²) in [7, 11) is -3.61. The van der Waals surface area contributed by atoms with E-state index in [1.165, 1.54) is 11.2 Å². The minimum atomic E-state index is -3.61. The van der Waals surface area contributed by atoms with Crippen molar-refractivity contribution in [3.05, 3.63) is 59.7 Å². The van der Waals surface area contributed by atoms with Crippen molar-refractivity contribution in [1.29, 1.82) is 0 Å². The summed E-state index contributed by atoms with van der Waals surface area (Å²) in [6.45, 7) is 1.78. The van der Waals surface area contributed by atoms with Crippen LogP contribution in [0.5, 0.6) is 0 Å². The fourth-order valence-electron chi connectivity index (χ4n) is 2.76. The molecule has 0 saturated heterocycles. The van der Waals surface area contributed by atoms with Crippen LogP contribution in [0.2, 0.25) is 0 Å². The molecule has 0 atom stereocenters. The van der Waals surface area contributed by atoms with Crippen LogP contribution in [0.1, 0.15) is 22.8 Å². The monoisotopic (exact) mass is 375 g/mol. The minimum Gasteiger partial charge on any atom is -0.293 e. The van der Waals surface area contributed by atoms with Gasteiger partial charge in [-0.05, 0) is 42.3 Å². The number of carbonyl (C=O) groups excluding carboxylic acids is 2. The van der Waals surface area contributed by atoms with E-state index in [1.54, 1.807) is 48.5 Å². The number of hydrogen-bond acceptors (Lipinski definition) is 5. The number of nitrogens with zero attached hydrogens (tertiary/aromatic N) is 1. The highest BCUT2D eigenvalue weighted by Crippen LogP contribution is 2.33. The standard InChI is InChI=1S/C18H17NO4S2/c1-13(20)24-12-18(21)15-7-8-17-14(11-15)9-10-19(17)25(22,23)16-5-3-2-4-6-16/h2-8,11H,9-10,12H2,1H3. The number of fused-ring (bicyclic) bond motifs is 1. The van der Waals surface area contributed by atoms with Crippen LogP contribution in [0, 0.1) is 0 Å². The Morgan fingerprint density at radius 2 is 1.84 bits per heavy atom. The molecule has 0 radical (unpaired) electrons. The van der Waals surface area contributed by atoms with Gasteiger partial charge < -0.3 is 0 Å². The Hall–Kier alpha value is -2.12. The molecule has 3 rings (SSSR count). The quantitative estimate of drug-likeness (QED) is 0.752. The van der Waals surface area contributed by atoms with Crippen molar-refractivity contribution >= 4 is 38.4 Å². The van der Waals surface area contributed by atoms with Crippen molar-refractivity contribution < 1.29 is 18.0 Å². The number of Topliss-reactive ketones (excluding diaryl/α,β-unsaturated/α-hetero) is 1. The number of rotatable bonds is 5. The molecule has 1 heterocycles. The largest absolute Gasteiger partial charge is 0.293 e. The van der Waals surface area contributed by atoms with Gasteiger partial charge in [-0.1, -0.05) is 30.0 Å². The SMILES string of the molecule is CC(=O)SCC(=O)c1ccc2c(c1)CCN2S(=O)(=O)c1ccccc1. The molecule has 1 aliphatic rings. The topological polar surface area (TPSA) is 71.5 Å². The molecule has 2 aromatic rings. The van der Waals surface area contributed by atoms with E-state index >= 15 is 0 Å². The van der Waals surface area contributed by atoms with Crippen LogP contribution in [0.25, 0.3) is 0 Å². The highest BCUT2D eigenvalue weighted by atomic mass is 32.2. The molecule has 130 valence electrons. The Morgan fingerprint density at radius 1 is 1.12 bits per heavy atom. The van der Waals surface area contributed by atoms with Gasteiger partial charge in [-0.15, -0.1) is 0 Å². The molecule has 0 bridgehead atoms. The second-order valence-electron chi connectivity index (χ2n) is 5.69. The summed E-state index contributed by atoms with van der Waals surface area (Å²) in [6.07, 6.45) is 0.558. The molecule has 0 aromatic heterocycles. The number of carbonyl (C=O) groups is 2. The van der Waals surface area contributed by atoms with Gasteiger partial charge in [0.15, 0.2) is 10.9 Å². The molecule has 0 aliphatic carbocycles. The zero-order valence-corrected chi connectivity index (χ0v) is 15.3. The van der Waals surface area contributed by atoms with Gasteiger partial charge in [0, 0.05) is 19.0 Å². The highest BCUT2D eigenvalue weighted by Gasteiger charge is 2.31. The molecule has 0 spiro atoms. The van der Waals surface area contributed by atoms with Crippen LogP contribution in [0.15, 0.2) is 53.4 Å². The number of anilines is 1. The molecule has 0 fully saturated rings. The van der Waals surface area contributed by atoms with Crippen molar-refractivity contribution in [1.82, 2.24) is 0 Å². The first-order valence-electron chi connectivity index (χ1n) is 7.77. The fourth-order valence-corrected chi connectivity index (χ4v) is 4.79. The van der Waals surface area contributed by atoms with Crippen molar-refractivity contribution in [2.45, 2.75) is 18.2 Å². The smallest absolute Gasteiger partial charge is 0.264 e. The second kappa shape index (κ2) is 7.01. The Bertz CT molecular complexity index is 923. The normalized spacial score (nSPS) is 13.6. The summed E-state index contributed by atoms with van der Waals surface area (Å²) >= 11 is 0.975. The van der Waals surface area contributed by atoms with Crippen LogP contribution in [-0.2, 0) is 21.2 Å². The molecule has 0 amide bonds. The van der Waals surface area contributed by atoms with E-state index < -0.39 is 10.0 Å². The van der Waals surface area contributed by atoms with Crippen molar-refractivity contribution in [2.75, 3.05) is 16.6 Å². The molecular formula is C18H17NO4S2. The molecular weight excluding hydrogens is 358 g/mol. The molecule has 5 nitrogen and oxygen atoms in total. The van der Waals surface area contributed by atoms with Gasteiger partial charge in [-0.25, -0.2) is 8.42 Å². The van der Waals surface area contributed by atoms with Crippen LogP contribution < -0.4 is 4.31 Å². The Kier molecular flexibility index (Phi) is 4.96. The maximum Gasteiger partial charge on any atom is 0.264 e. The first-order valence-corrected chi connectivity index (χ1v) is 10.2. The lowest BCUT2D eigenvalue weighted by Gasteiger charge is -2.19. The van der Waals surface area contributed by atoms with E-state index in [0.717, 1.165) is 17.3 Å². The zero-order chi connectivity index (χ0) is 18.0. The number of benzene rings is 2. The van der Waals surface area contributed by atoms with Crippen LogP contribution in [0.4, 0.5) is 5.69 Å². The number of hydrogen-bond donors (Lipinski definition) is 0.